The van der Waals surface area contributed by atoms with Crippen molar-refractivity contribution >= 4 is 5.97 Å². The third kappa shape index (κ3) is 1.74. The van der Waals surface area contributed by atoms with E-state index in [2.05, 4.69) is 0 Å². The van der Waals surface area contributed by atoms with Crippen molar-refractivity contribution in [3.05, 3.63) is 54.1 Å². The van der Waals surface area contributed by atoms with E-state index in [-0.39, 0.29) is 5.56 Å². The molecule has 0 aliphatic rings. The van der Waals surface area contributed by atoms with Crippen molar-refractivity contribution in [3.8, 4) is 5.69 Å². The van der Waals surface area contributed by atoms with Crippen LogP contribution in [0.5, 0.6) is 0 Å². The molecule has 4 heteroatoms. The zero-order valence-electron chi connectivity index (χ0n) is 7.72. The number of hydrogen-bond acceptors (Lipinski definition) is 1. The molecule has 0 aliphatic carbocycles. The van der Waals surface area contributed by atoms with Gasteiger partial charge in [-0.05, 0) is 30.3 Å². The van der Waals surface area contributed by atoms with Crippen molar-refractivity contribution in [2.45, 2.75) is 0 Å². The molecule has 0 bridgehead atoms. The van der Waals surface area contributed by atoms with E-state index in [1.807, 2.05) is 0 Å². The third-order valence-corrected chi connectivity index (χ3v) is 2.08. The van der Waals surface area contributed by atoms with Crippen molar-refractivity contribution in [2.24, 2.45) is 0 Å². The summed E-state index contributed by atoms with van der Waals surface area (Å²) in [5.74, 6) is -1.68. The first-order valence-corrected chi connectivity index (χ1v) is 4.34. The molecule has 2 aromatic rings. The Morgan fingerprint density at radius 1 is 1.27 bits per heavy atom. The largest absolute Gasteiger partial charge is 0.478 e. The summed E-state index contributed by atoms with van der Waals surface area (Å²) in [6.45, 7) is 0. The molecule has 0 amide bonds. The molecule has 3 nitrogen and oxygen atoms in total. The van der Waals surface area contributed by atoms with Crippen LogP contribution < -0.4 is 0 Å². The molecule has 0 atom stereocenters. The first kappa shape index (κ1) is 9.45. The summed E-state index contributed by atoms with van der Waals surface area (Å²) in [4.78, 5) is 10.6. The van der Waals surface area contributed by atoms with E-state index in [0.717, 1.165) is 6.07 Å². The van der Waals surface area contributed by atoms with Crippen molar-refractivity contribution in [1.29, 1.82) is 0 Å². The van der Waals surface area contributed by atoms with Gasteiger partial charge in [-0.15, -0.1) is 0 Å². The molecule has 1 aromatic carbocycles. The maximum absolute atomic E-state index is 13.5. The average Bonchev–Trinajstić information content (AvgIpc) is 2.70. The average molecular weight is 205 g/mol. The van der Waals surface area contributed by atoms with E-state index < -0.39 is 11.8 Å². The number of carboxylic acid groups (broad SMARTS) is 1. The summed E-state index contributed by atoms with van der Waals surface area (Å²) in [6.07, 6.45) is 3.39. The zero-order chi connectivity index (χ0) is 10.8. The number of nitrogens with zero attached hydrogens (tertiary/aromatic N) is 1. The van der Waals surface area contributed by atoms with Gasteiger partial charge in [0, 0.05) is 12.4 Å². The fraction of sp³-hybridized carbons (Fsp3) is 0. The summed E-state index contributed by atoms with van der Waals surface area (Å²) >= 11 is 0. The Morgan fingerprint density at radius 2 is 1.93 bits per heavy atom. The number of hydrogen-bond donors (Lipinski definition) is 1. The normalized spacial score (nSPS) is 10.2. The molecule has 0 unspecified atom stereocenters. The highest BCUT2D eigenvalue weighted by Gasteiger charge is 2.08. The van der Waals surface area contributed by atoms with E-state index in [1.54, 1.807) is 29.1 Å². The first-order chi connectivity index (χ1) is 7.18. The van der Waals surface area contributed by atoms with E-state index in [4.69, 9.17) is 5.11 Å². The Balaban J connectivity index is 2.48. The minimum Gasteiger partial charge on any atom is -0.478 e. The molecule has 76 valence electrons. The van der Waals surface area contributed by atoms with Crippen LogP contribution in [0.1, 0.15) is 10.4 Å². The number of halogens is 1. The van der Waals surface area contributed by atoms with Crippen LogP contribution >= 0.6 is 0 Å². The maximum Gasteiger partial charge on any atom is 0.335 e. The molecule has 0 saturated carbocycles. The van der Waals surface area contributed by atoms with Crippen molar-refractivity contribution in [3.63, 3.8) is 0 Å². The highest BCUT2D eigenvalue weighted by molar-refractivity contribution is 5.87. The van der Waals surface area contributed by atoms with Gasteiger partial charge in [-0.25, -0.2) is 9.18 Å². The van der Waals surface area contributed by atoms with E-state index >= 15 is 0 Å². The fourth-order valence-electron chi connectivity index (χ4n) is 1.34. The van der Waals surface area contributed by atoms with Gasteiger partial charge < -0.3 is 9.67 Å². The predicted octanol–water partition coefficient (Wildman–Crippen LogP) is 2.31. The Kier molecular flexibility index (Phi) is 2.25. The standard InChI is InChI=1S/C11H8FNO2/c12-9-7-8(11(14)15)3-4-10(9)13-5-1-2-6-13/h1-7H,(H,14,15). The molecule has 1 aromatic heterocycles. The second kappa shape index (κ2) is 3.57. The van der Waals surface area contributed by atoms with E-state index in [0.29, 0.717) is 5.69 Å². The van der Waals surface area contributed by atoms with Crippen molar-refractivity contribution in [1.82, 2.24) is 4.57 Å². The third-order valence-electron chi connectivity index (χ3n) is 2.08. The van der Waals surface area contributed by atoms with Gasteiger partial charge in [0.2, 0.25) is 0 Å². The summed E-state index contributed by atoms with van der Waals surface area (Å²) in [5, 5.41) is 8.66. The van der Waals surface area contributed by atoms with Gasteiger partial charge in [-0.3, -0.25) is 0 Å². The Morgan fingerprint density at radius 3 is 2.47 bits per heavy atom. The lowest BCUT2D eigenvalue weighted by atomic mass is 10.2. The molecule has 0 radical (unpaired) electrons. The molecule has 15 heavy (non-hydrogen) atoms. The van der Waals surface area contributed by atoms with Gasteiger partial charge in [0.15, 0.2) is 0 Å². The van der Waals surface area contributed by atoms with Gasteiger partial charge in [0.25, 0.3) is 0 Å². The summed E-state index contributed by atoms with van der Waals surface area (Å²) < 4.78 is 15.1. The molecule has 0 fully saturated rings. The maximum atomic E-state index is 13.5. The van der Waals surface area contributed by atoms with Crippen LogP contribution in [-0.2, 0) is 0 Å². The van der Waals surface area contributed by atoms with Crippen LogP contribution in [0.2, 0.25) is 0 Å². The number of benzene rings is 1. The Labute approximate surface area is 85.4 Å². The molecular weight excluding hydrogens is 197 g/mol. The highest BCUT2D eigenvalue weighted by atomic mass is 19.1. The lowest BCUT2D eigenvalue weighted by molar-refractivity contribution is 0.0696. The van der Waals surface area contributed by atoms with Crippen LogP contribution in [0.4, 0.5) is 4.39 Å². The van der Waals surface area contributed by atoms with Crippen LogP contribution in [-0.4, -0.2) is 15.6 Å². The second-order valence-corrected chi connectivity index (χ2v) is 3.06. The lowest BCUT2D eigenvalue weighted by Crippen LogP contribution is -2.00. The summed E-state index contributed by atoms with van der Waals surface area (Å²) in [7, 11) is 0. The molecule has 1 N–H and O–H groups in total. The SMILES string of the molecule is O=C(O)c1ccc(-n2cccc2)c(F)c1. The van der Waals surface area contributed by atoms with Crippen LogP contribution in [0, 0.1) is 5.82 Å². The molecule has 1 heterocycles. The van der Waals surface area contributed by atoms with Crippen LogP contribution in [0.25, 0.3) is 5.69 Å². The molecule has 0 aliphatic heterocycles. The number of rotatable bonds is 2. The number of carboxylic acids is 1. The number of aromatic carboxylic acids is 1. The van der Waals surface area contributed by atoms with Gasteiger partial charge in [0.1, 0.15) is 5.82 Å². The van der Waals surface area contributed by atoms with Gasteiger partial charge >= 0.3 is 5.97 Å². The molecular formula is C11H8FNO2. The van der Waals surface area contributed by atoms with Crippen molar-refractivity contribution < 1.29 is 14.3 Å². The van der Waals surface area contributed by atoms with Gasteiger partial charge in [-0.1, -0.05) is 0 Å². The first-order valence-electron chi connectivity index (χ1n) is 4.34. The monoisotopic (exact) mass is 205 g/mol. The minimum atomic E-state index is -1.13. The predicted molar refractivity (Wildman–Crippen MR) is 52.7 cm³/mol. The Hall–Kier alpha value is -2.10. The topological polar surface area (TPSA) is 42.2 Å². The van der Waals surface area contributed by atoms with Crippen molar-refractivity contribution in [2.75, 3.05) is 0 Å². The fourth-order valence-corrected chi connectivity index (χ4v) is 1.34. The number of carbonyl (C=O) groups is 1. The highest BCUT2D eigenvalue weighted by Crippen LogP contribution is 2.15. The zero-order valence-corrected chi connectivity index (χ0v) is 7.72. The Bertz CT molecular complexity index is 491. The van der Waals surface area contributed by atoms with E-state index in [1.165, 1.54) is 12.1 Å². The van der Waals surface area contributed by atoms with Gasteiger partial charge in [-0.2, -0.15) is 0 Å². The van der Waals surface area contributed by atoms with Crippen LogP contribution in [0.15, 0.2) is 42.7 Å². The summed E-state index contributed by atoms with van der Waals surface area (Å²) in [5.41, 5.74) is 0.286. The van der Waals surface area contributed by atoms with Gasteiger partial charge in [0.05, 0.1) is 11.3 Å². The number of aromatic nitrogens is 1. The smallest absolute Gasteiger partial charge is 0.335 e. The van der Waals surface area contributed by atoms with Crippen LogP contribution in [0.3, 0.4) is 0 Å². The minimum absolute atomic E-state index is 0.0524. The lowest BCUT2D eigenvalue weighted by Gasteiger charge is -2.04. The quantitative estimate of drug-likeness (QED) is 0.817. The second-order valence-electron chi connectivity index (χ2n) is 3.06. The molecule has 0 spiro atoms. The van der Waals surface area contributed by atoms with E-state index in [9.17, 15) is 9.18 Å². The molecule has 2 rings (SSSR count). The summed E-state index contributed by atoms with van der Waals surface area (Å²) in [6, 6.07) is 7.37. The molecule has 0 saturated heterocycles.